The van der Waals surface area contributed by atoms with Gasteiger partial charge in [0.25, 0.3) is 0 Å². The highest BCUT2D eigenvalue weighted by molar-refractivity contribution is 5.75. The molecule has 1 atom stereocenters. The lowest BCUT2D eigenvalue weighted by Crippen LogP contribution is -2.27. The number of unbranched alkanes of at least 4 members (excludes halogenated alkanes) is 1. The van der Waals surface area contributed by atoms with Crippen LogP contribution in [0.3, 0.4) is 0 Å². The first kappa shape index (κ1) is 12.8. The summed E-state index contributed by atoms with van der Waals surface area (Å²) in [6.45, 7) is 5.17. The highest BCUT2D eigenvalue weighted by Crippen LogP contribution is 2.09. The van der Waals surface area contributed by atoms with Gasteiger partial charge in [0, 0.05) is 25.0 Å². The minimum atomic E-state index is 0.0180. The van der Waals surface area contributed by atoms with Gasteiger partial charge in [-0.05, 0) is 25.0 Å². The predicted molar refractivity (Wildman–Crippen MR) is 65.0 cm³/mol. The van der Waals surface area contributed by atoms with E-state index in [4.69, 9.17) is 5.73 Å². The highest BCUT2D eigenvalue weighted by Gasteiger charge is 2.04. The Hall–Kier alpha value is -1.29. The molecule has 0 spiro atoms. The molecule has 1 rings (SSSR count). The summed E-state index contributed by atoms with van der Waals surface area (Å²) in [6.07, 6.45) is 5.93. The van der Waals surface area contributed by atoms with E-state index in [1.807, 2.05) is 30.0 Å². The zero-order chi connectivity index (χ0) is 12.0. The Morgan fingerprint density at radius 2 is 2.38 bits per heavy atom. The van der Waals surface area contributed by atoms with Gasteiger partial charge in [0.2, 0.25) is 5.91 Å². The molecule has 0 aromatic carbocycles. The Labute approximate surface area is 96.8 Å². The molecule has 16 heavy (non-hydrogen) atoms. The number of aromatic nitrogens is 1. The van der Waals surface area contributed by atoms with Gasteiger partial charge in [-0.2, -0.15) is 0 Å². The van der Waals surface area contributed by atoms with Crippen LogP contribution in [-0.4, -0.2) is 17.0 Å². The van der Waals surface area contributed by atoms with E-state index in [-0.39, 0.29) is 11.9 Å². The van der Waals surface area contributed by atoms with Crippen molar-refractivity contribution in [3.63, 3.8) is 0 Å². The van der Waals surface area contributed by atoms with Crippen molar-refractivity contribution >= 4 is 5.91 Å². The normalized spacial score (nSPS) is 12.4. The minimum absolute atomic E-state index is 0.0180. The zero-order valence-corrected chi connectivity index (χ0v) is 10.1. The van der Waals surface area contributed by atoms with Crippen molar-refractivity contribution < 1.29 is 4.79 Å². The van der Waals surface area contributed by atoms with Gasteiger partial charge in [0.15, 0.2) is 0 Å². The van der Waals surface area contributed by atoms with E-state index >= 15 is 0 Å². The summed E-state index contributed by atoms with van der Waals surface area (Å²) in [6, 6.07) is 1.97. The number of carbonyl (C=O) groups excluding carboxylic acids is 1. The van der Waals surface area contributed by atoms with E-state index in [1.165, 1.54) is 0 Å². The molecule has 0 aliphatic carbocycles. The molecule has 4 nitrogen and oxygen atoms in total. The van der Waals surface area contributed by atoms with Gasteiger partial charge >= 0.3 is 0 Å². The third-order valence-corrected chi connectivity index (χ3v) is 2.48. The SMILES string of the molecule is CCCCNC(=O)Cn1ccc(C(C)N)c1. The van der Waals surface area contributed by atoms with E-state index in [9.17, 15) is 4.79 Å². The molecule has 0 bridgehead atoms. The largest absolute Gasteiger partial charge is 0.355 e. The molecule has 0 aliphatic rings. The molecule has 0 aliphatic heterocycles. The first-order valence-corrected chi connectivity index (χ1v) is 5.81. The van der Waals surface area contributed by atoms with Crippen LogP contribution in [0.5, 0.6) is 0 Å². The third-order valence-electron chi connectivity index (χ3n) is 2.48. The second-order valence-corrected chi connectivity index (χ2v) is 4.11. The van der Waals surface area contributed by atoms with E-state index in [1.54, 1.807) is 0 Å². The Balaban J connectivity index is 2.37. The highest BCUT2D eigenvalue weighted by atomic mass is 16.1. The van der Waals surface area contributed by atoms with Crippen molar-refractivity contribution in [2.24, 2.45) is 5.73 Å². The summed E-state index contributed by atoms with van der Waals surface area (Å²) in [5.41, 5.74) is 6.80. The fraction of sp³-hybridized carbons (Fsp3) is 0.583. The maximum Gasteiger partial charge on any atom is 0.239 e. The van der Waals surface area contributed by atoms with Gasteiger partial charge in [0.1, 0.15) is 6.54 Å². The van der Waals surface area contributed by atoms with Crippen molar-refractivity contribution in [3.8, 4) is 0 Å². The van der Waals surface area contributed by atoms with E-state index < -0.39 is 0 Å². The molecule has 3 N–H and O–H groups in total. The molecule has 90 valence electrons. The molecule has 0 fully saturated rings. The topological polar surface area (TPSA) is 60.0 Å². The summed E-state index contributed by atoms with van der Waals surface area (Å²) in [7, 11) is 0. The number of nitrogens with two attached hydrogens (primary N) is 1. The van der Waals surface area contributed by atoms with Gasteiger partial charge in [-0.1, -0.05) is 13.3 Å². The van der Waals surface area contributed by atoms with E-state index in [0.29, 0.717) is 6.54 Å². The van der Waals surface area contributed by atoms with Gasteiger partial charge < -0.3 is 15.6 Å². The quantitative estimate of drug-likeness (QED) is 0.717. The molecule has 0 radical (unpaired) electrons. The molecule has 1 amide bonds. The monoisotopic (exact) mass is 223 g/mol. The molecule has 1 unspecified atom stereocenters. The van der Waals surface area contributed by atoms with Crippen LogP contribution in [0.15, 0.2) is 18.5 Å². The lowest BCUT2D eigenvalue weighted by molar-refractivity contribution is -0.121. The summed E-state index contributed by atoms with van der Waals surface area (Å²) >= 11 is 0. The summed E-state index contributed by atoms with van der Waals surface area (Å²) in [5.74, 6) is 0.0558. The van der Waals surface area contributed by atoms with Crippen LogP contribution in [-0.2, 0) is 11.3 Å². The van der Waals surface area contributed by atoms with Crippen LogP contribution in [0.1, 0.15) is 38.3 Å². The second-order valence-electron chi connectivity index (χ2n) is 4.11. The molecular formula is C12H21N3O. The summed E-state index contributed by atoms with van der Waals surface area (Å²) in [4.78, 5) is 11.5. The van der Waals surface area contributed by atoms with E-state index in [0.717, 1.165) is 24.9 Å². The Kier molecular flexibility index (Phi) is 5.05. The lowest BCUT2D eigenvalue weighted by Gasteiger charge is -2.05. The lowest BCUT2D eigenvalue weighted by atomic mass is 10.2. The maximum atomic E-state index is 11.5. The Morgan fingerprint density at radius 1 is 1.62 bits per heavy atom. The predicted octanol–water partition coefficient (Wildman–Crippen LogP) is 1.42. The zero-order valence-electron chi connectivity index (χ0n) is 10.1. The average Bonchev–Trinajstić information content (AvgIpc) is 2.66. The van der Waals surface area contributed by atoms with E-state index in [2.05, 4.69) is 12.2 Å². The van der Waals surface area contributed by atoms with Gasteiger partial charge in [0.05, 0.1) is 0 Å². The Morgan fingerprint density at radius 3 is 2.94 bits per heavy atom. The number of hydrogen-bond donors (Lipinski definition) is 2. The molecule has 4 heteroatoms. The summed E-state index contributed by atoms with van der Waals surface area (Å²) in [5, 5.41) is 2.88. The van der Waals surface area contributed by atoms with Crippen LogP contribution in [0.2, 0.25) is 0 Å². The second kappa shape index (κ2) is 6.33. The Bertz CT molecular complexity index is 331. The van der Waals surface area contributed by atoms with Crippen LogP contribution in [0.4, 0.5) is 0 Å². The van der Waals surface area contributed by atoms with Gasteiger partial charge in [-0.15, -0.1) is 0 Å². The number of amides is 1. The standard InChI is InChI=1S/C12H21N3O/c1-3-4-6-14-12(16)9-15-7-5-11(8-15)10(2)13/h5,7-8,10H,3-4,6,9,13H2,1-2H3,(H,14,16). The van der Waals surface area contributed by atoms with Crippen molar-refractivity contribution in [1.82, 2.24) is 9.88 Å². The number of rotatable bonds is 6. The fourth-order valence-electron chi connectivity index (χ4n) is 1.45. The minimum Gasteiger partial charge on any atom is -0.355 e. The van der Waals surface area contributed by atoms with Gasteiger partial charge in [-0.3, -0.25) is 4.79 Å². The number of nitrogens with zero attached hydrogens (tertiary/aromatic N) is 1. The van der Waals surface area contributed by atoms with Crippen LogP contribution in [0.25, 0.3) is 0 Å². The first-order valence-electron chi connectivity index (χ1n) is 5.81. The molecule has 1 aromatic heterocycles. The van der Waals surface area contributed by atoms with Crippen molar-refractivity contribution in [2.45, 2.75) is 39.3 Å². The van der Waals surface area contributed by atoms with Crippen LogP contribution < -0.4 is 11.1 Å². The average molecular weight is 223 g/mol. The molecule has 0 saturated heterocycles. The fourth-order valence-corrected chi connectivity index (χ4v) is 1.45. The number of nitrogens with one attached hydrogen (secondary N) is 1. The van der Waals surface area contributed by atoms with Crippen molar-refractivity contribution in [2.75, 3.05) is 6.54 Å². The molecule has 1 heterocycles. The molecule has 0 saturated carbocycles. The third kappa shape index (κ3) is 4.06. The van der Waals surface area contributed by atoms with Crippen LogP contribution in [0, 0.1) is 0 Å². The van der Waals surface area contributed by atoms with Crippen molar-refractivity contribution in [1.29, 1.82) is 0 Å². The smallest absolute Gasteiger partial charge is 0.239 e. The first-order chi connectivity index (χ1) is 7.63. The molecule has 1 aromatic rings. The van der Waals surface area contributed by atoms with Gasteiger partial charge in [-0.25, -0.2) is 0 Å². The summed E-state index contributed by atoms with van der Waals surface area (Å²) < 4.78 is 1.86. The van der Waals surface area contributed by atoms with Crippen LogP contribution >= 0.6 is 0 Å². The number of carbonyl (C=O) groups is 1. The molecular weight excluding hydrogens is 202 g/mol. The number of hydrogen-bond acceptors (Lipinski definition) is 2. The van der Waals surface area contributed by atoms with Crippen molar-refractivity contribution in [3.05, 3.63) is 24.0 Å². The maximum absolute atomic E-state index is 11.5.